The maximum absolute atomic E-state index is 10.9. The number of methoxy groups -OCH3 is 1. The van der Waals surface area contributed by atoms with E-state index in [1.165, 1.54) is 12.7 Å². The van der Waals surface area contributed by atoms with Gasteiger partial charge in [-0.1, -0.05) is 37.3 Å². The second kappa shape index (κ2) is 9.31. The van der Waals surface area contributed by atoms with Crippen LogP contribution in [0, 0.1) is 0 Å². The Balaban J connectivity index is 0.000000770. The van der Waals surface area contributed by atoms with Gasteiger partial charge in [0.05, 0.1) is 7.11 Å². The number of carbonyl (C=O) groups is 1. The lowest BCUT2D eigenvalue weighted by molar-refractivity contribution is -0.191. The van der Waals surface area contributed by atoms with Crippen molar-refractivity contribution >= 4 is 12.1 Å². The van der Waals surface area contributed by atoms with Gasteiger partial charge in [0.2, 0.25) is 0 Å². The van der Waals surface area contributed by atoms with Crippen LogP contribution in [0.1, 0.15) is 31.2 Å². The first-order chi connectivity index (χ1) is 8.15. The molecule has 4 heteroatoms. The molecule has 17 heavy (non-hydrogen) atoms. The van der Waals surface area contributed by atoms with Crippen LogP contribution in [0.2, 0.25) is 0 Å². The minimum Gasteiger partial charge on any atom is -0.469 e. The number of esters is 1. The molecule has 0 heterocycles. The molecule has 1 aromatic rings. The van der Waals surface area contributed by atoms with Gasteiger partial charge in [-0.2, -0.15) is 9.59 Å². The van der Waals surface area contributed by atoms with Gasteiger partial charge in [0.25, 0.3) is 0 Å². The van der Waals surface area contributed by atoms with E-state index in [-0.39, 0.29) is 12.1 Å². The molecule has 0 aliphatic carbocycles. The molecule has 0 aliphatic rings. The van der Waals surface area contributed by atoms with Crippen molar-refractivity contribution in [3.8, 4) is 0 Å². The third-order valence-corrected chi connectivity index (χ3v) is 2.38. The molecule has 1 atom stereocenters. The van der Waals surface area contributed by atoms with Crippen molar-refractivity contribution in [3.63, 3.8) is 0 Å². The van der Waals surface area contributed by atoms with Crippen molar-refractivity contribution in [1.82, 2.24) is 0 Å². The molecule has 4 nitrogen and oxygen atoms in total. The summed E-state index contributed by atoms with van der Waals surface area (Å²) in [5, 5.41) is 0. The molecule has 0 aliphatic heterocycles. The highest BCUT2D eigenvalue weighted by Gasteiger charge is 2.07. The second-order valence-electron chi connectivity index (χ2n) is 3.51. The van der Waals surface area contributed by atoms with E-state index in [9.17, 15) is 4.79 Å². The average molecular weight is 236 g/mol. The fraction of sp³-hybridized carbons (Fsp3) is 0.385. The molecule has 0 radical (unpaired) electrons. The molecule has 0 fully saturated rings. The van der Waals surface area contributed by atoms with Crippen LogP contribution in [0.25, 0.3) is 0 Å². The van der Waals surface area contributed by atoms with Crippen molar-refractivity contribution < 1.29 is 19.1 Å². The van der Waals surface area contributed by atoms with Crippen molar-refractivity contribution in [2.45, 2.75) is 25.7 Å². The smallest absolute Gasteiger partial charge is 0.373 e. The van der Waals surface area contributed by atoms with Gasteiger partial charge in [0.1, 0.15) is 0 Å². The molecule has 0 aromatic heterocycles. The minimum absolute atomic E-state index is 0.132. The maximum atomic E-state index is 10.9. The molecule has 0 saturated heterocycles. The van der Waals surface area contributed by atoms with Crippen LogP contribution in [-0.2, 0) is 19.1 Å². The Morgan fingerprint density at radius 3 is 2.29 bits per heavy atom. The van der Waals surface area contributed by atoms with Crippen LogP contribution < -0.4 is 0 Å². The molecule has 0 N–H and O–H groups in total. The standard InChI is InChI=1S/C12H16O2.CO2/c1-10(8-9-12(13)14-2)11-6-4-3-5-7-11;2-1-3/h3-7,10H,8-9H2,1-2H3;. The van der Waals surface area contributed by atoms with Crippen LogP contribution in [-0.4, -0.2) is 19.2 Å². The number of benzene rings is 1. The molecule has 0 bridgehead atoms. The predicted octanol–water partition coefficient (Wildman–Crippen LogP) is 2.16. The summed E-state index contributed by atoms with van der Waals surface area (Å²) in [6.45, 7) is 2.12. The lowest BCUT2D eigenvalue weighted by Gasteiger charge is -2.10. The molecular formula is C13H16O4. The van der Waals surface area contributed by atoms with Crippen molar-refractivity contribution in [2.24, 2.45) is 0 Å². The maximum Gasteiger partial charge on any atom is 0.373 e. The summed E-state index contributed by atoms with van der Waals surface area (Å²) in [6.07, 6.45) is 1.59. The van der Waals surface area contributed by atoms with Gasteiger partial charge in [-0.25, -0.2) is 0 Å². The fourth-order valence-corrected chi connectivity index (χ4v) is 1.38. The summed E-state index contributed by atoms with van der Waals surface area (Å²) in [5.41, 5.74) is 1.27. The molecule has 0 amide bonds. The van der Waals surface area contributed by atoms with Crippen molar-refractivity contribution in [3.05, 3.63) is 35.9 Å². The summed E-state index contributed by atoms with van der Waals surface area (Å²) in [6, 6.07) is 10.2. The summed E-state index contributed by atoms with van der Waals surface area (Å²) >= 11 is 0. The number of hydrogen-bond acceptors (Lipinski definition) is 4. The average Bonchev–Trinajstić information content (AvgIpc) is 2.37. The summed E-state index contributed by atoms with van der Waals surface area (Å²) in [5.74, 6) is 0.281. The Hall–Kier alpha value is -1.93. The Morgan fingerprint density at radius 1 is 1.29 bits per heavy atom. The lowest BCUT2D eigenvalue weighted by Crippen LogP contribution is -2.03. The lowest BCUT2D eigenvalue weighted by atomic mass is 9.96. The molecule has 0 spiro atoms. The highest BCUT2D eigenvalue weighted by Crippen LogP contribution is 2.19. The quantitative estimate of drug-likeness (QED) is 0.751. The molecule has 1 unspecified atom stereocenters. The summed E-state index contributed by atoms with van der Waals surface area (Å²) in [7, 11) is 1.43. The van der Waals surface area contributed by atoms with Gasteiger partial charge >= 0.3 is 12.1 Å². The summed E-state index contributed by atoms with van der Waals surface area (Å²) < 4.78 is 4.60. The molecule has 0 saturated carbocycles. The predicted molar refractivity (Wildman–Crippen MR) is 61.1 cm³/mol. The molecule has 1 aromatic carbocycles. The van der Waals surface area contributed by atoms with Gasteiger partial charge < -0.3 is 4.74 Å². The van der Waals surface area contributed by atoms with E-state index in [1.807, 2.05) is 18.2 Å². The molecular weight excluding hydrogens is 220 g/mol. The highest BCUT2D eigenvalue weighted by atomic mass is 16.5. The van der Waals surface area contributed by atoms with Crippen molar-refractivity contribution in [1.29, 1.82) is 0 Å². The first-order valence-electron chi connectivity index (χ1n) is 5.26. The molecule has 1 rings (SSSR count). The third kappa shape index (κ3) is 7.03. The van der Waals surface area contributed by atoms with Crippen LogP contribution in [0.3, 0.4) is 0 Å². The van der Waals surface area contributed by atoms with Crippen LogP contribution in [0.15, 0.2) is 30.3 Å². The van der Waals surface area contributed by atoms with Gasteiger partial charge in [0, 0.05) is 6.42 Å². The van der Waals surface area contributed by atoms with E-state index in [4.69, 9.17) is 9.59 Å². The van der Waals surface area contributed by atoms with E-state index >= 15 is 0 Å². The Morgan fingerprint density at radius 2 is 1.82 bits per heavy atom. The van der Waals surface area contributed by atoms with Crippen LogP contribution in [0.4, 0.5) is 0 Å². The zero-order valence-electron chi connectivity index (χ0n) is 10.0. The Kier molecular flexibility index (Phi) is 8.25. The van der Waals surface area contributed by atoms with Crippen LogP contribution >= 0.6 is 0 Å². The number of carbonyl (C=O) groups excluding carboxylic acids is 3. The SMILES string of the molecule is COC(=O)CCC(C)c1ccccc1.O=C=O. The normalized spacial score (nSPS) is 10.5. The second-order valence-corrected chi connectivity index (χ2v) is 3.51. The number of hydrogen-bond donors (Lipinski definition) is 0. The van der Waals surface area contributed by atoms with Gasteiger partial charge in [-0.3, -0.25) is 4.79 Å². The highest BCUT2D eigenvalue weighted by molar-refractivity contribution is 5.69. The van der Waals surface area contributed by atoms with E-state index in [0.717, 1.165) is 6.42 Å². The zero-order valence-corrected chi connectivity index (χ0v) is 10.0. The Labute approximate surface area is 101 Å². The first-order valence-corrected chi connectivity index (χ1v) is 5.26. The van der Waals surface area contributed by atoms with Crippen molar-refractivity contribution in [2.75, 3.05) is 7.11 Å². The largest absolute Gasteiger partial charge is 0.469 e. The fourth-order valence-electron chi connectivity index (χ4n) is 1.38. The van der Waals surface area contributed by atoms with Gasteiger partial charge in [-0.15, -0.1) is 0 Å². The third-order valence-electron chi connectivity index (χ3n) is 2.38. The first kappa shape index (κ1) is 15.1. The van der Waals surface area contributed by atoms with Gasteiger partial charge in [-0.05, 0) is 17.9 Å². The zero-order chi connectivity index (χ0) is 13.1. The van der Waals surface area contributed by atoms with E-state index in [1.54, 1.807) is 0 Å². The van der Waals surface area contributed by atoms with Crippen LogP contribution in [0.5, 0.6) is 0 Å². The Bertz CT molecular complexity index is 353. The van der Waals surface area contributed by atoms with Gasteiger partial charge in [0.15, 0.2) is 0 Å². The van der Waals surface area contributed by atoms with E-state index < -0.39 is 0 Å². The minimum atomic E-state index is -0.132. The van der Waals surface area contributed by atoms with E-state index in [2.05, 4.69) is 23.8 Å². The summed E-state index contributed by atoms with van der Waals surface area (Å²) in [4.78, 5) is 27.2. The monoisotopic (exact) mass is 236 g/mol. The number of rotatable bonds is 4. The number of ether oxygens (including phenoxy) is 1. The van der Waals surface area contributed by atoms with E-state index in [0.29, 0.717) is 12.3 Å². The molecule has 92 valence electrons. The topological polar surface area (TPSA) is 60.4 Å².